The third kappa shape index (κ3) is 6.09. The van der Waals surface area contributed by atoms with Gasteiger partial charge in [0.15, 0.2) is 11.3 Å². The van der Waals surface area contributed by atoms with Crippen molar-refractivity contribution in [2.45, 2.75) is 62.7 Å². The van der Waals surface area contributed by atoms with E-state index < -0.39 is 6.04 Å². The van der Waals surface area contributed by atoms with Crippen molar-refractivity contribution < 1.29 is 14.7 Å². The largest absolute Gasteiger partial charge is 0.394 e. The number of hydrogen-bond acceptors (Lipinski definition) is 9. The normalized spacial score (nSPS) is 20.3. The standard InChI is InChI=1S/C24H30ClN9O3/c25-20-9-16(7-8-27-20)32-24(37)19-11-28-22-18(29-13-1-2-13)10-21(33-34(19)22)30-14-3-5-15(6-4-14)31-23(36)17(26)12-35/h7-11,13-15,17,29,35H,1-6,12,26H2,(H,30,33)(H,31,36)(H,27,32,37)/t14?,15?,17-/m1/s1. The zero-order valence-corrected chi connectivity index (χ0v) is 20.9. The number of fused-ring (bicyclic) bond motifs is 1. The minimum atomic E-state index is -0.902. The highest BCUT2D eigenvalue weighted by atomic mass is 35.5. The third-order valence-electron chi connectivity index (χ3n) is 6.58. The second-order valence-corrected chi connectivity index (χ2v) is 9.94. The molecule has 2 aliphatic carbocycles. The number of aliphatic hydroxyl groups is 1. The molecule has 0 aromatic carbocycles. The van der Waals surface area contributed by atoms with Crippen molar-refractivity contribution in [2.75, 3.05) is 22.6 Å². The van der Waals surface area contributed by atoms with Crippen molar-refractivity contribution >= 4 is 46.3 Å². The van der Waals surface area contributed by atoms with E-state index in [0.29, 0.717) is 23.2 Å². The van der Waals surface area contributed by atoms with Gasteiger partial charge in [0, 0.05) is 36.1 Å². The van der Waals surface area contributed by atoms with E-state index in [1.807, 2.05) is 6.07 Å². The van der Waals surface area contributed by atoms with E-state index in [-0.39, 0.29) is 41.4 Å². The van der Waals surface area contributed by atoms with Crippen molar-refractivity contribution in [3.63, 3.8) is 0 Å². The zero-order chi connectivity index (χ0) is 25.9. The number of aromatic nitrogens is 4. The molecule has 0 radical (unpaired) electrons. The summed E-state index contributed by atoms with van der Waals surface area (Å²) >= 11 is 5.95. The lowest BCUT2D eigenvalue weighted by atomic mass is 9.91. The lowest BCUT2D eigenvalue weighted by molar-refractivity contribution is -0.124. The summed E-state index contributed by atoms with van der Waals surface area (Å²) in [6, 6.07) is 4.81. The van der Waals surface area contributed by atoms with Crippen LogP contribution in [0.3, 0.4) is 0 Å². The Balaban J connectivity index is 1.31. The van der Waals surface area contributed by atoms with Gasteiger partial charge in [-0.25, -0.2) is 14.5 Å². The molecule has 0 unspecified atom stereocenters. The van der Waals surface area contributed by atoms with E-state index >= 15 is 0 Å². The summed E-state index contributed by atoms with van der Waals surface area (Å²) in [5.41, 5.74) is 7.80. The van der Waals surface area contributed by atoms with E-state index in [0.717, 1.165) is 44.2 Å². The molecule has 5 rings (SSSR count). The summed E-state index contributed by atoms with van der Waals surface area (Å²) in [7, 11) is 0. The lowest BCUT2D eigenvalue weighted by Crippen LogP contribution is -2.48. The highest BCUT2D eigenvalue weighted by Gasteiger charge is 2.27. The number of anilines is 3. The first-order valence-corrected chi connectivity index (χ1v) is 12.8. The van der Waals surface area contributed by atoms with Crippen LogP contribution in [0.2, 0.25) is 5.15 Å². The van der Waals surface area contributed by atoms with Crippen LogP contribution in [-0.4, -0.2) is 67.3 Å². The van der Waals surface area contributed by atoms with E-state index in [9.17, 15) is 9.59 Å². The number of imidazole rings is 1. The molecule has 2 aliphatic rings. The summed E-state index contributed by atoms with van der Waals surface area (Å²) in [4.78, 5) is 33.5. The lowest BCUT2D eigenvalue weighted by Gasteiger charge is -2.30. The van der Waals surface area contributed by atoms with Crippen LogP contribution < -0.4 is 27.0 Å². The van der Waals surface area contributed by atoms with Gasteiger partial charge in [0.05, 0.1) is 18.5 Å². The van der Waals surface area contributed by atoms with E-state index in [1.54, 1.807) is 16.6 Å². The number of hydrogen-bond donors (Lipinski definition) is 6. The quantitative estimate of drug-likeness (QED) is 0.227. The molecule has 0 spiro atoms. The van der Waals surface area contributed by atoms with E-state index in [1.165, 1.54) is 12.4 Å². The number of nitrogens with two attached hydrogens (primary N) is 1. The number of aliphatic hydroxyl groups excluding tert-OH is 1. The van der Waals surface area contributed by atoms with Gasteiger partial charge in [0.1, 0.15) is 17.0 Å². The van der Waals surface area contributed by atoms with Crippen LogP contribution in [0.25, 0.3) is 5.65 Å². The third-order valence-corrected chi connectivity index (χ3v) is 6.79. The van der Waals surface area contributed by atoms with Gasteiger partial charge in [-0.2, -0.15) is 0 Å². The minimum Gasteiger partial charge on any atom is -0.394 e. The molecule has 1 atom stereocenters. The van der Waals surface area contributed by atoms with Crippen LogP contribution >= 0.6 is 11.6 Å². The van der Waals surface area contributed by atoms with Gasteiger partial charge < -0.3 is 32.1 Å². The van der Waals surface area contributed by atoms with E-state index in [2.05, 4.69) is 36.3 Å². The number of halogens is 1. The second kappa shape index (κ2) is 10.9. The molecule has 3 heterocycles. The molecular formula is C24H30ClN9O3. The average Bonchev–Trinajstić information content (AvgIpc) is 3.59. The van der Waals surface area contributed by atoms with Gasteiger partial charge in [-0.15, -0.1) is 5.10 Å². The number of rotatable bonds is 9. The van der Waals surface area contributed by atoms with Crippen molar-refractivity contribution in [1.82, 2.24) is 24.9 Å². The predicted molar refractivity (Wildman–Crippen MR) is 140 cm³/mol. The van der Waals surface area contributed by atoms with Crippen molar-refractivity contribution in [3.05, 3.63) is 41.4 Å². The van der Waals surface area contributed by atoms with Gasteiger partial charge in [0.25, 0.3) is 5.91 Å². The Morgan fingerprint density at radius 3 is 2.49 bits per heavy atom. The number of carbonyl (C=O) groups excluding carboxylic acids is 2. The molecule has 2 fully saturated rings. The fourth-order valence-corrected chi connectivity index (χ4v) is 4.58. The maximum atomic E-state index is 13.1. The smallest absolute Gasteiger partial charge is 0.276 e. The fourth-order valence-electron chi connectivity index (χ4n) is 4.41. The molecule has 7 N–H and O–H groups in total. The number of nitrogens with one attached hydrogen (secondary N) is 4. The highest BCUT2D eigenvalue weighted by molar-refractivity contribution is 6.29. The average molecular weight is 528 g/mol. The maximum absolute atomic E-state index is 13.1. The molecule has 2 saturated carbocycles. The van der Waals surface area contributed by atoms with Gasteiger partial charge in [0.2, 0.25) is 5.91 Å². The molecular weight excluding hydrogens is 498 g/mol. The summed E-state index contributed by atoms with van der Waals surface area (Å²) in [5, 5.41) is 26.8. The predicted octanol–water partition coefficient (Wildman–Crippen LogP) is 1.76. The second-order valence-electron chi connectivity index (χ2n) is 9.55. The van der Waals surface area contributed by atoms with Crippen LogP contribution in [0.1, 0.15) is 49.0 Å². The number of carbonyl (C=O) groups is 2. The van der Waals surface area contributed by atoms with Crippen molar-refractivity contribution in [2.24, 2.45) is 5.73 Å². The Labute approximate surface area is 218 Å². The SMILES string of the molecule is N[C@H](CO)C(=O)NC1CCC(Nc2cc(NC3CC3)c3ncc(C(=O)Nc4ccnc(Cl)c4)n3n2)CC1. The van der Waals surface area contributed by atoms with Gasteiger partial charge in [-0.05, 0) is 50.7 Å². The molecule has 12 nitrogen and oxygen atoms in total. The molecule has 3 aromatic rings. The first-order valence-electron chi connectivity index (χ1n) is 12.4. The van der Waals surface area contributed by atoms with Gasteiger partial charge >= 0.3 is 0 Å². The maximum Gasteiger partial charge on any atom is 0.276 e. The van der Waals surface area contributed by atoms with Crippen molar-refractivity contribution in [3.8, 4) is 0 Å². The highest BCUT2D eigenvalue weighted by Crippen LogP contribution is 2.30. The van der Waals surface area contributed by atoms with Crippen LogP contribution in [0.15, 0.2) is 30.6 Å². The van der Waals surface area contributed by atoms with Crippen LogP contribution in [-0.2, 0) is 4.79 Å². The summed E-state index contributed by atoms with van der Waals surface area (Å²) in [5.74, 6) is -0.0691. The summed E-state index contributed by atoms with van der Waals surface area (Å²) in [6.45, 7) is -0.376. The van der Waals surface area contributed by atoms with Crippen LogP contribution in [0.5, 0.6) is 0 Å². The monoisotopic (exact) mass is 527 g/mol. The summed E-state index contributed by atoms with van der Waals surface area (Å²) < 4.78 is 1.55. The molecule has 37 heavy (non-hydrogen) atoms. The minimum absolute atomic E-state index is 0.0244. The molecule has 0 saturated heterocycles. The van der Waals surface area contributed by atoms with Crippen molar-refractivity contribution in [1.29, 1.82) is 0 Å². The number of amides is 2. The Morgan fingerprint density at radius 2 is 1.78 bits per heavy atom. The first kappa shape index (κ1) is 25.2. The van der Waals surface area contributed by atoms with Gasteiger partial charge in [-0.3, -0.25) is 9.59 Å². The van der Waals surface area contributed by atoms with Gasteiger partial charge in [-0.1, -0.05) is 11.6 Å². The Hall–Kier alpha value is -3.48. The molecule has 3 aromatic heterocycles. The fraction of sp³-hybridized carbons (Fsp3) is 0.458. The zero-order valence-electron chi connectivity index (χ0n) is 20.2. The first-order chi connectivity index (χ1) is 17.9. The Morgan fingerprint density at radius 1 is 1.08 bits per heavy atom. The molecule has 0 aliphatic heterocycles. The van der Waals surface area contributed by atoms with Crippen LogP contribution in [0, 0.1) is 0 Å². The molecule has 13 heteroatoms. The Bertz CT molecular complexity index is 1290. The molecule has 2 amide bonds. The topological polar surface area (TPSA) is 172 Å². The van der Waals surface area contributed by atoms with E-state index in [4.69, 9.17) is 22.4 Å². The number of nitrogens with zero attached hydrogens (tertiary/aromatic N) is 4. The Kier molecular flexibility index (Phi) is 7.40. The number of pyridine rings is 1. The molecule has 0 bridgehead atoms. The summed E-state index contributed by atoms with van der Waals surface area (Å²) in [6.07, 6.45) is 8.41. The molecule has 196 valence electrons. The van der Waals surface area contributed by atoms with Crippen LogP contribution in [0.4, 0.5) is 17.2 Å².